The molecule has 19 heavy (non-hydrogen) atoms. The van der Waals surface area contributed by atoms with Crippen molar-refractivity contribution in [1.29, 1.82) is 0 Å². The molecule has 5 heteroatoms. The molecule has 2 rings (SSSR count). The van der Waals surface area contributed by atoms with Gasteiger partial charge in [0.1, 0.15) is 4.99 Å². The zero-order valence-corrected chi connectivity index (χ0v) is 11.5. The zero-order valence-electron chi connectivity index (χ0n) is 10.7. The highest BCUT2D eigenvalue weighted by molar-refractivity contribution is 7.80. The van der Waals surface area contributed by atoms with Crippen LogP contribution in [0.15, 0.2) is 41.2 Å². The Labute approximate surface area is 116 Å². The summed E-state index contributed by atoms with van der Waals surface area (Å²) >= 11 is 4.94. The van der Waals surface area contributed by atoms with E-state index in [-0.39, 0.29) is 10.5 Å². The highest BCUT2D eigenvalue weighted by Gasteiger charge is 2.11. The SMILES string of the molecule is CCCn1nc(-c2ccccc2)cc(C(N)=S)c1=O. The molecule has 0 radical (unpaired) electrons. The van der Waals surface area contributed by atoms with Crippen LogP contribution < -0.4 is 11.3 Å². The van der Waals surface area contributed by atoms with Gasteiger partial charge in [-0.05, 0) is 12.5 Å². The molecule has 0 aliphatic carbocycles. The van der Waals surface area contributed by atoms with Crippen molar-refractivity contribution in [3.63, 3.8) is 0 Å². The molecule has 0 amide bonds. The number of aryl methyl sites for hydroxylation is 1. The van der Waals surface area contributed by atoms with Crippen LogP contribution in [0.4, 0.5) is 0 Å². The van der Waals surface area contributed by atoms with Crippen LogP contribution in [0.25, 0.3) is 11.3 Å². The van der Waals surface area contributed by atoms with E-state index in [0.717, 1.165) is 12.0 Å². The molecule has 1 aromatic heterocycles. The summed E-state index contributed by atoms with van der Waals surface area (Å²) in [7, 11) is 0. The van der Waals surface area contributed by atoms with E-state index < -0.39 is 0 Å². The van der Waals surface area contributed by atoms with E-state index >= 15 is 0 Å². The quantitative estimate of drug-likeness (QED) is 0.865. The van der Waals surface area contributed by atoms with Gasteiger partial charge in [-0.1, -0.05) is 49.5 Å². The van der Waals surface area contributed by atoms with Gasteiger partial charge in [-0.25, -0.2) is 4.68 Å². The average molecular weight is 273 g/mol. The first-order valence-electron chi connectivity index (χ1n) is 6.11. The number of hydrogen-bond acceptors (Lipinski definition) is 3. The van der Waals surface area contributed by atoms with Crippen LogP contribution in [0.1, 0.15) is 18.9 Å². The molecule has 0 bridgehead atoms. The van der Waals surface area contributed by atoms with Gasteiger partial charge >= 0.3 is 0 Å². The molecule has 0 saturated carbocycles. The van der Waals surface area contributed by atoms with Gasteiger partial charge in [-0.3, -0.25) is 4.79 Å². The van der Waals surface area contributed by atoms with Crippen molar-refractivity contribution in [3.8, 4) is 11.3 Å². The van der Waals surface area contributed by atoms with Gasteiger partial charge in [0.15, 0.2) is 0 Å². The van der Waals surface area contributed by atoms with Gasteiger partial charge in [-0.15, -0.1) is 0 Å². The van der Waals surface area contributed by atoms with Crippen molar-refractivity contribution in [2.24, 2.45) is 5.73 Å². The van der Waals surface area contributed by atoms with Crippen LogP contribution in [0, 0.1) is 0 Å². The average Bonchev–Trinajstić information content (AvgIpc) is 2.42. The highest BCUT2D eigenvalue weighted by Crippen LogP contribution is 2.15. The van der Waals surface area contributed by atoms with Crippen LogP contribution in [0.2, 0.25) is 0 Å². The third kappa shape index (κ3) is 2.88. The predicted octanol–water partition coefficient (Wildman–Crippen LogP) is 1.95. The Morgan fingerprint density at radius 3 is 2.63 bits per heavy atom. The second kappa shape index (κ2) is 5.75. The molecule has 2 aromatic rings. The van der Waals surface area contributed by atoms with Crippen molar-refractivity contribution >= 4 is 17.2 Å². The molecule has 98 valence electrons. The minimum Gasteiger partial charge on any atom is -0.389 e. The Morgan fingerprint density at radius 2 is 2.05 bits per heavy atom. The Bertz CT molecular complexity index is 649. The van der Waals surface area contributed by atoms with E-state index in [1.165, 1.54) is 4.68 Å². The van der Waals surface area contributed by atoms with E-state index in [2.05, 4.69) is 5.10 Å². The Hall–Kier alpha value is -2.01. The zero-order chi connectivity index (χ0) is 13.8. The molecule has 0 aliphatic rings. The monoisotopic (exact) mass is 273 g/mol. The van der Waals surface area contributed by atoms with E-state index in [0.29, 0.717) is 17.8 Å². The van der Waals surface area contributed by atoms with Gasteiger partial charge in [0.05, 0.1) is 11.3 Å². The molecule has 0 unspecified atom stereocenters. The lowest BCUT2D eigenvalue weighted by Crippen LogP contribution is -2.31. The third-order valence-electron chi connectivity index (χ3n) is 2.74. The molecule has 2 N–H and O–H groups in total. The maximum absolute atomic E-state index is 12.1. The van der Waals surface area contributed by atoms with Gasteiger partial charge < -0.3 is 5.73 Å². The van der Waals surface area contributed by atoms with E-state index in [1.807, 2.05) is 37.3 Å². The summed E-state index contributed by atoms with van der Waals surface area (Å²) in [5.74, 6) is 0. The standard InChI is InChI=1S/C14H15N3OS/c1-2-8-17-14(18)11(13(15)19)9-12(16-17)10-6-4-3-5-7-10/h3-7,9H,2,8H2,1H3,(H2,15,19). The molecule has 0 atom stereocenters. The molecule has 1 heterocycles. The molecule has 4 nitrogen and oxygen atoms in total. The van der Waals surface area contributed by atoms with Gasteiger partial charge in [0.2, 0.25) is 0 Å². The molecule has 0 aliphatic heterocycles. The smallest absolute Gasteiger partial charge is 0.277 e. The van der Waals surface area contributed by atoms with Crippen LogP contribution in [0.5, 0.6) is 0 Å². The number of thiocarbonyl (C=S) groups is 1. The maximum Gasteiger partial charge on any atom is 0.277 e. The Balaban J connectivity index is 2.63. The lowest BCUT2D eigenvalue weighted by atomic mass is 10.1. The summed E-state index contributed by atoms with van der Waals surface area (Å²) in [5.41, 5.74) is 7.37. The predicted molar refractivity (Wildman–Crippen MR) is 80.1 cm³/mol. The topological polar surface area (TPSA) is 60.9 Å². The minimum atomic E-state index is -0.228. The van der Waals surface area contributed by atoms with E-state index in [9.17, 15) is 4.79 Å². The van der Waals surface area contributed by atoms with Gasteiger partial charge in [0.25, 0.3) is 5.56 Å². The van der Waals surface area contributed by atoms with Crippen molar-refractivity contribution in [2.45, 2.75) is 19.9 Å². The van der Waals surface area contributed by atoms with Crippen molar-refractivity contribution in [2.75, 3.05) is 0 Å². The summed E-state index contributed by atoms with van der Waals surface area (Å²) in [5, 5.41) is 4.36. The number of benzene rings is 1. The summed E-state index contributed by atoms with van der Waals surface area (Å²) in [6, 6.07) is 11.3. The van der Waals surface area contributed by atoms with Crippen LogP contribution in [0.3, 0.4) is 0 Å². The van der Waals surface area contributed by atoms with Gasteiger partial charge in [-0.2, -0.15) is 5.10 Å². The first-order valence-corrected chi connectivity index (χ1v) is 6.51. The Kier molecular flexibility index (Phi) is 4.06. The summed E-state index contributed by atoms with van der Waals surface area (Å²) in [6.07, 6.45) is 0.821. The minimum absolute atomic E-state index is 0.106. The first kappa shape index (κ1) is 13.4. The highest BCUT2D eigenvalue weighted by atomic mass is 32.1. The molecule has 0 spiro atoms. The molecular weight excluding hydrogens is 258 g/mol. The van der Waals surface area contributed by atoms with E-state index in [1.54, 1.807) is 6.07 Å². The molecule has 0 fully saturated rings. The lowest BCUT2D eigenvalue weighted by Gasteiger charge is -2.09. The van der Waals surface area contributed by atoms with Crippen LogP contribution >= 0.6 is 12.2 Å². The number of hydrogen-bond donors (Lipinski definition) is 1. The number of nitrogens with zero attached hydrogens (tertiary/aromatic N) is 2. The summed E-state index contributed by atoms with van der Waals surface area (Å²) in [6.45, 7) is 2.54. The van der Waals surface area contributed by atoms with Crippen molar-refractivity contribution < 1.29 is 0 Å². The first-order chi connectivity index (χ1) is 9.13. The van der Waals surface area contributed by atoms with Crippen molar-refractivity contribution in [3.05, 3.63) is 52.3 Å². The number of rotatable bonds is 4. The van der Waals surface area contributed by atoms with Crippen molar-refractivity contribution in [1.82, 2.24) is 9.78 Å². The largest absolute Gasteiger partial charge is 0.389 e. The lowest BCUT2D eigenvalue weighted by molar-refractivity contribution is 0.570. The van der Waals surface area contributed by atoms with Crippen LogP contribution in [-0.4, -0.2) is 14.8 Å². The van der Waals surface area contributed by atoms with Gasteiger partial charge in [0, 0.05) is 12.1 Å². The second-order valence-electron chi connectivity index (χ2n) is 4.20. The fraction of sp³-hybridized carbons (Fsp3) is 0.214. The van der Waals surface area contributed by atoms with E-state index in [4.69, 9.17) is 18.0 Å². The summed E-state index contributed by atoms with van der Waals surface area (Å²) in [4.78, 5) is 12.2. The molecular formula is C14H15N3OS. The fourth-order valence-electron chi connectivity index (χ4n) is 1.83. The maximum atomic E-state index is 12.1. The molecule has 1 aromatic carbocycles. The summed E-state index contributed by atoms with van der Waals surface area (Å²) < 4.78 is 1.43. The fourth-order valence-corrected chi connectivity index (χ4v) is 1.98. The Morgan fingerprint density at radius 1 is 1.37 bits per heavy atom. The van der Waals surface area contributed by atoms with Crippen LogP contribution in [-0.2, 0) is 6.54 Å². The second-order valence-corrected chi connectivity index (χ2v) is 4.64. The molecule has 0 saturated heterocycles. The number of nitrogens with two attached hydrogens (primary N) is 1. The number of aromatic nitrogens is 2. The third-order valence-corrected chi connectivity index (χ3v) is 2.96. The normalized spacial score (nSPS) is 10.4.